The molecule has 1 atom stereocenters. The van der Waals surface area contributed by atoms with E-state index in [1.165, 1.54) is 5.56 Å². The Balaban J connectivity index is 1.87. The fraction of sp³-hybridized carbons (Fsp3) is 0.600. The summed E-state index contributed by atoms with van der Waals surface area (Å²) in [6.45, 7) is 2.51. The topological polar surface area (TPSA) is 49.4 Å². The van der Waals surface area contributed by atoms with Gasteiger partial charge in [-0.15, -0.1) is 0 Å². The van der Waals surface area contributed by atoms with Gasteiger partial charge in [-0.05, 0) is 38.5 Å². The zero-order valence-corrected chi connectivity index (χ0v) is 12.9. The van der Waals surface area contributed by atoms with Gasteiger partial charge < -0.3 is 10.2 Å². The first-order valence-electron chi connectivity index (χ1n) is 7.26. The summed E-state index contributed by atoms with van der Waals surface area (Å²) in [4.78, 5) is 2.28. The number of nitrogens with one attached hydrogen (secondary N) is 1. The van der Waals surface area contributed by atoms with E-state index >= 15 is 0 Å². The van der Waals surface area contributed by atoms with Crippen molar-refractivity contribution in [2.24, 2.45) is 0 Å². The van der Waals surface area contributed by atoms with Crippen molar-refractivity contribution in [1.29, 1.82) is 0 Å². The molecule has 4 nitrogen and oxygen atoms in total. The average molecular weight is 296 g/mol. The van der Waals surface area contributed by atoms with Crippen LogP contribution < -0.4 is 5.32 Å². The molecule has 1 saturated heterocycles. The third-order valence-electron chi connectivity index (χ3n) is 3.93. The Kier molecular flexibility index (Phi) is 5.57. The van der Waals surface area contributed by atoms with Gasteiger partial charge in [-0.1, -0.05) is 30.3 Å². The summed E-state index contributed by atoms with van der Waals surface area (Å²) in [5.41, 5.74) is 1.29. The van der Waals surface area contributed by atoms with Crippen LogP contribution in [0.15, 0.2) is 30.3 Å². The fourth-order valence-corrected chi connectivity index (χ4v) is 4.00. The molecule has 1 aliphatic rings. The molecule has 20 heavy (non-hydrogen) atoms. The molecule has 0 bridgehead atoms. The number of hydrogen-bond acceptors (Lipinski definition) is 4. The van der Waals surface area contributed by atoms with E-state index in [2.05, 4.69) is 34.5 Å². The van der Waals surface area contributed by atoms with Crippen molar-refractivity contribution >= 4 is 9.84 Å². The van der Waals surface area contributed by atoms with E-state index in [9.17, 15) is 8.42 Å². The first-order valence-corrected chi connectivity index (χ1v) is 9.08. The molecule has 1 N–H and O–H groups in total. The largest absolute Gasteiger partial charge is 0.313 e. The molecular weight excluding hydrogens is 272 g/mol. The Morgan fingerprint density at radius 3 is 2.65 bits per heavy atom. The standard InChI is InChI=1S/C15H24N2O2S/c1-16-15(14-6-3-2-4-7-14)8-10-17-9-5-12-20(18,19)13-11-17/h2-4,6-7,15-16H,5,8-13H2,1H3. The van der Waals surface area contributed by atoms with E-state index in [1.54, 1.807) is 0 Å². The average Bonchev–Trinajstić information content (AvgIpc) is 2.62. The molecule has 1 unspecified atom stereocenters. The van der Waals surface area contributed by atoms with Crippen molar-refractivity contribution in [3.8, 4) is 0 Å². The highest BCUT2D eigenvalue weighted by atomic mass is 32.2. The quantitative estimate of drug-likeness (QED) is 0.894. The first kappa shape index (κ1) is 15.5. The molecule has 0 saturated carbocycles. The van der Waals surface area contributed by atoms with E-state index in [-0.39, 0.29) is 0 Å². The van der Waals surface area contributed by atoms with Gasteiger partial charge in [-0.3, -0.25) is 0 Å². The zero-order chi connectivity index (χ0) is 14.4. The maximum Gasteiger partial charge on any atom is 0.151 e. The molecule has 0 radical (unpaired) electrons. The maximum absolute atomic E-state index is 11.6. The molecule has 5 heteroatoms. The molecule has 1 fully saturated rings. The van der Waals surface area contributed by atoms with Gasteiger partial charge in [0, 0.05) is 12.6 Å². The van der Waals surface area contributed by atoms with Gasteiger partial charge in [0.1, 0.15) is 0 Å². The van der Waals surface area contributed by atoms with Crippen LogP contribution in [0.5, 0.6) is 0 Å². The molecule has 0 aliphatic carbocycles. The van der Waals surface area contributed by atoms with E-state index in [1.807, 2.05) is 13.1 Å². The second kappa shape index (κ2) is 7.20. The molecule has 1 heterocycles. The van der Waals surface area contributed by atoms with Crippen molar-refractivity contribution in [1.82, 2.24) is 10.2 Å². The van der Waals surface area contributed by atoms with Gasteiger partial charge >= 0.3 is 0 Å². The highest BCUT2D eigenvalue weighted by Gasteiger charge is 2.19. The Hall–Kier alpha value is -0.910. The molecular formula is C15H24N2O2S. The van der Waals surface area contributed by atoms with Gasteiger partial charge in [0.2, 0.25) is 0 Å². The normalized spacial score (nSPS) is 21.2. The molecule has 1 aromatic rings. The predicted molar refractivity (Wildman–Crippen MR) is 82.6 cm³/mol. The fourth-order valence-electron chi connectivity index (χ4n) is 2.69. The summed E-state index contributed by atoms with van der Waals surface area (Å²) in [5, 5.41) is 3.34. The van der Waals surface area contributed by atoms with Gasteiger partial charge in [0.05, 0.1) is 11.5 Å². The van der Waals surface area contributed by atoms with Gasteiger partial charge in [-0.25, -0.2) is 8.42 Å². The predicted octanol–water partition coefficient (Wildman–Crippen LogP) is 1.46. The van der Waals surface area contributed by atoms with Gasteiger partial charge in [0.25, 0.3) is 0 Å². The van der Waals surface area contributed by atoms with E-state index in [0.717, 1.165) is 25.9 Å². The molecule has 1 aliphatic heterocycles. The minimum Gasteiger partial charge on any atom is -0.313 e. The van der Waals surface area contributed by atoms with Gasteiger partial charge in [-0.2, -0.15) is 0 Å². The summed E-state index contributed by atoms with van der Waals surface area (Å²) < 4.78 is 23.2. The Bertz CT molecular complexity index is 502. The van der Waals surface area contributed by atoms with Crippen LogP contribution in [-0.4, -0.2) is 51.5 Å². The van der Waals surface area contributed by atoms with Crippen molar-refractivity contribution in [2.75, 3.05) is 38.2 Å². The van der Waals surface area contributed by atoms with Crippen LogP contribution in [0.25, 0.3) is 0 Å². The van der Waals surface area contributed by atoms with E-state index in [4.69, 9.17) is 0 Å². The Morgan fingerprint density at radius 1 is 1.20 bits per heavy atom. The minimum absolute atomic E-state index is 0.308. The van der Waals surface area contributed by atoms with E-state index < -0.39 is 9.84 Å². The summed E-state index contributed by atoms with van der Waals surface area (Å²) in [7, 11) is -0.829. The van der Waals surface area contributed by atoms with Crippen LogP contribution >= 0.6 is 0 Å². The van der Waals surface area contributed by atoms with Crippen LogP contribution in [0.4, 0.5) is 0 Å². The molecule has 0 amide bonds. The Morgan fingerprint density at radius 2 is 1.95 bits per heavy atom. The van der Waals surface area contributed by atoms with Crippen LogP contribution in [0.3, 0.4) is 0 Å². The van der Waals surface area contributed by atoms with Gasteiger partial charge in [0.15, 0.2) is 9.84 Å². The third-order valence-corrected chi connectivity index (χ3v) is 5.65. The first-order chi connectivity index (χ1) is 9.61. The van der Waals surface area contributed by atoms with Crippen LogP contribution in [0.2, 0.25) is 0 Å². The summed E-state index contributed by atoms with van der Waals surface area (Å²) in [5.74, 6) is 0.653. The lowest BCUT2D eigenvalue weighted by molar-refractivity contribution is 0.277. The smallest absolute Gasteiger partial charge is 0.151 e. The molecule has 0 aromatic heterocycles. The number of benzene rings is 1. The van der Waals surface area contributed by atoms with Crippen LogP contribution in [0, 0.1) is 0 Å². The number of nitrogens with zero attached hydrogens (tertiary/aromatic N) is 1. The van der Waals surface area contributed by atoms with Crippen molar-refractivity contribution in [3.05, 3.63) is 35.9 Å². The molecule has 0 spiro atoms. The summed E-state index contributed by atoms with van der Waals surface area (Å²) >= 11 is 0. The lowest BCUT2D eigenvalue weighted by Crippen LogP contribution is -2.31. The second-order valence-electron chi connectivity index (χ2n) is 5.39. The summed E-state index contributed by atoms with van der Waals surface area (Å²) in [6.07, 6.45) is 1.76. The number of hydrogen-bond donors (Lipinski definition) is 1. The van der Waals surface area contributed by atoms with Crippen LogP contribution in [-0.2, 0) is 9.84 Å². The van der Waals surface area contributed by atoms with Crippen molar-refractivity contribution in [3.63, 3.8) is 0 Å². The second-order valence-corrected chi connectivity index (χ2v) is 7.69. The highest BCUT2D eigenvalue weighted by Crippen LogP contribution is 2.17. The van der Waals surface area contributed by atoms with Crippen molar-refractivity contribution in [2.45, 2.75) is 18.9 Å². The lowest BCUT2D eigenvalue weighted by Gasteiger charge is -2.23. The molecule has 1 aromatic carbocycles. The number of sulfone groups is 1. The molecule has 2 rings (SSSR count). The van der Waals surface area contributed by atoms with Crippen molar-refractivity contribution < 1.29 is 8.42 Å². The van der Waals surface area contributed by atoms with Crippen LogP contribution in [0.1, 0.15) is 24.4 Å². The Labute approximate surface area is 122 Å². The summed E-state index contributed by atoms with van der Waals surface area (Å²) in [6, 6.07) is 10.7. The van der Waals surface area contributed by atoms with E-state index in [0.29, 0.717) is 24.1 Å². The third kappa shape index (κ3) is 4.58. The SMILES string of the molecule is CNC(CCN1CCCS(=O)(=O)CC1)c1ccccc1. The molecule has 112 valence electrons. The minimum atomic E-state index is -2.81. The zero-order valence-electron chi connectivity index (χ0n) is 12.1. The highest BCUT2D eigenvalue weighted by molar-refractivity contribution is 7.91. The lowest BCUT2D eigenvalue weighted by atomic mass is 10.0. The maximum atomic E-state index is 11.6. The monoisotopic (exact) mass is 296 g/mol. The number of rotatable bonds is 5.